The number of benzene rings is 2. The van der Waals surface area contributed by atoms with Gasteiger partial charge < -0.3 is 14.8 Å². The van der Waals surface area contributed by atoms with Crippen molar-refractivity contribution in [3.8, 4) is 5.75 Å². The smallest absolute Gasteiger partial charge is 0.339 e. The number of methoxy groups -OCH3 is 1. The summed E-state index contributed by atoms with van der Waals surface area (Å²) in [7, 11) is 1.49. The molecule has 120 valence electrons. The number of hydrogen-bond acceptors (Lipinski definition) is 4. The molecule has 1 atom stereocenters. The monoisotopic (exact) mass is 317 g/mol. The lowest BCUT2D eigenvalue weighted by Gasteiger charge is -2.14. The van der Waals surface area contributed by atoms with Crippen LogP contribution in [0, 0.1) is 5.82 Å². The highest BCUT2D eigenvalue weighted by Crippen LogP contribution is 2.15. The van der Waals surface area contributed by atoms with E-state index in [1.54, 1.807) is 18.2 Å². The number of nitrogens with one attached hydrogen (secondary N) is 1. The Bertz CT molecular complexity index is 717. The predicted molar refractivity (Wildman–Crippen MR) is 82.9 cm³/mol. The maximum absolute atomic E-state index is 13.1. The van der Waals surface area contributed by atoms with Crippen molar-refractivity contribution in [2.75, 3.05) is 12.4 Å². The number of ether oxygens (including phenoxy) is 2. The fourth-order valence-corrected chi connectivity index (χ4v) is 1.84. The highest BCUT2D eigenvalue weighted by molar-refractivity contribution is 5.97. The Morgan fingerprint density at radius 2 is 1.87 bits per heavy atom. The van der Waals surface area contributed by atoms with Gasteiger partial charge in [-0.15, -0.1) is 0 Å². The van der Waals surface area contributed by atoms with Crippen LogP contribution in [0.25, 0.3) is 0 Å². The Morgan fingerprint density at radius 3 is 2.57 bits per heavy atom. The van der Waals surface area contributed by atoms with Gasteiger partial charge in [0.15, 0.2) is 6.10 Å². The molecule has 0 saturated carbocycles. The lowest BCUT2D eigenvalue weighted by Crippen LogP contribution is -2.30. The van der Waals surface area contributed by atoms with Gasteiger partial charge in [0, 0.05) is 5.69 Å². The van der Waals surface area contributed by atoms with Gasteiger partial charge >= 0.3 is 5.97 Å². The van der Waals surface area contributed by atoms with E-state index in [9.17, 15) is 14.0 Å². The summed E-state index contributed by atoms with van der Waals surface area (Å²) >= 11 is 0. The van der Waals surface area contributed by atoms with Gasteiger partial charge in [-0.1, -0.05) is 12.1 Å². The average Bonchev–Trinajstić information content (AvgIpc) is 2.54. The van der Waals surface area contributed by atoms with Crippen LogP contribution in [-0.4, -0.2) is 25.1 Å². The van der Waals surface area contributed by atoms with Crippen molar-refractivity contribution in [3.63, 3.8) is 0 Å². The molecule has 6 heteroatoms. The van der Waals surface area contributed by atoms with Crippen molar-refractivity contribution in [2.45, 2.75) is 13.0 Å². The van der Waals surface area contributed by atoms with Crippen molar-refractivity contribution in [1.29, 1.82) is 0 Å². The number of esters is 1. The number of carbonyl (C=O) groups excluding carboxylic acids is 2. The Hall–Kier alpha value is -2.89. The van der Waals surface area contributed by atoms with E-state index in [0.29, 0.717) is 11.4 Å². The second-order valence-electron chi connectivity index (χ2n) is 4.78. The zero-order chi connectivity index (χ0) is 16.8. The molecule has 0 aromatic heterocycles. The van der Waals surface area contributed by atoms with E-state index >= 15 is 0 Å². The van der Waals surface area contributed by atoms with Crippen LogP contribution in [0.15, 0.2) is 48.5 Å². The summed E-state index contributed by atoms with van der Waals surface area (Å²) < 4.78 is 23.2. The topological polar surface area (TPSA) is 64.6 Å². The van der Waals surface area contributed by atoms with Gasteiger partial charge in [0.25, 0.3) is 5.91 Å². The van der Waals surface area contributed by atoms with Crippen molar-refractivity contribution in [3.05, 3.63) is 59.9 Å². The van der Waals surface area contributed by atoms with Gasteiger partial charge in [0.1, 0.15) is 11.6 Å². The minimum Gasteiger partial charge on any atom is -0.497 e. The SMILES string of the molecule is COc1cccc(C(=O)OC(C)C(=O)Nc2cccc(F)c2)c1. The van der Waals surface area contributed by atoms with Crippen LogP contribution < -0.4 is 10.1 Å². The summed E-state index contributed by atoms with van der Waals surface area (Å²) in [4.78, 5) is 24.0. The summed E-state index contributed by atoms with van der Waals surface area (Å²) in [5.41, 5.74) is 0.564. The van der Waals surface area contributed by atoms with Gasteiger partial charge in [-0.2, -0.15) is 0 Å². The highest BCUT2D eigenvalue weighted by Gasteiger charge is 2.19. The summed E-state index contributed by atoms with van der Waals surface area (Å²) in [5, 5.41) is 2.48. The molecule has 0 bridgehead atoms. The standard InChI is InChI=1S/C17H16FNO4/c1-11(16(20)19-14-7-4-6-13(18)10-14)23-17(21)12-5-3-8-15(9-12)22-2/h3-11H,1-2H3,(H,19,20). The fourth-order valence-electron chi connectivity index (χ4n) is 1.84. The lowest BCUT2D eigenvalue weighted by molar-refractivity contribution is -0.123. The molecule has 1 unspecified atom stereocenters. The molecule has 2 aromatic rings. The number of anilines is 1. The third-order valence-electron chi connectivity index (χ3n) is 3.05. The number of halogens is 1. The van der Waals surface area contributed by atoms with Crippen LogP contribution in [0.3, 0.4) is 0 Å². The summed E-state index contributed by atoms with van der Waals surface area (Å²) in [5.74, 6) is -1.15. The summed E-state index contributed by atoms with van der Waals surface area (Å²) in [6.07, 6.45) is -1.03. The minimum atomic E-state index is -1.03. The molecule has 0 spiro atoms. The molecule has 0 fully saturated rings. The lowest BCUT2D eigenvalue weighted by atomic mass is 10.2. The Labute approximate surface area is 133 Å². The van der Waals surface area contributed by atoms with Gasteiger partial charge in [-0.05, 0) is 43.3 Å². The molecule has 23 heavy (non-hydrogen) atoms. The third kappa shape index (κ3) is 4.54. The number of hydrogen-bond donors (Lipinski definition) is 1. The molecule has 0 heterocycles. The Kier molecular flexibility index (Phi) is 5.30. The maximum Gasteiger partial charge on any atom is 0.339 e. The van der Waals surface area contributed by atoms with Gasteiger partial charge in [0.05, 0.1) is 12.7 Å². The van der Waals surface area contributed by atoms with E-state index in [-0.39, 0.29) is 5.56 Å². The van der Waals surface area contributed by atoms with E-state index in [1.807, 2.05) is 0 Å². The molecule has 0 aliphatic carbocycles. The minimum absolute atomic E-state index is 0.273. The van der Waals surface area contributed by atoms with Crippen LogP contribution in [-0.2, 0) is 9.53 Å². The Morgan fingerprint density at radius 1 is 1.13 bits per heavy atom. The molecular formula is C17H16FNO4. The van der Waals surface area contributed by atoms with Crippen molar-refractivity contribution in [1.82, 2.24) is 0 Å². The normalized spacial score (nSPS) is 11.4. The van der Waals surface area contributed by atoms with Gasteiger partial charge in [0.2, 0.25) is 0 Å². The van der Waals surface area contributed by atoms with Crippen molar-refractivity contribution >= 4 is 17.6 Å². The fraction of sp³-hybridized carbons (Fsp3) is 0.176. The quantitative estimate of drug-likeness (QED) is 0.861. The molecule has 0 aliphatic rings. The summed E-state index contributed by atoms with van der Waals surface area (Å²) in [6, 6.07) is 11.9. The number of rotatable bonds is 5. The zero-order valence-electron chi connectivity index (χ0n) is 12.7. The second kappa shape index (κ2) is 7.40. The van der Waals surface area contributed by atoms with Crippen LogP contribution in [0.2, 0.25) is 0 Å². The number of carbonyl (C=O) groups is 2. The average molecular weight is 317 g/mol. The molecule has 0 saturated heterocycles. The first kappa shape index (κ1) is 16.5. The van der Waals surface area contributed by atoms with E-state index in [0.717, 1.165) is 0 Å². The van der Waals surface area contributed by atoms with E-state index in [1.165, 1.54) is 44.4 Å². The molecule has 0 aliphatic heterocycles. The van der Waals surface area contributed by atoms with Crippen LogP contribution >= 0.6 is 0 Å². The third-order valence-corrected chi connectivity index (χ3v) is 3.05. The molecule has 2 rings (SSSR count). The Balaban J connectivity index is 1.98. The van der Waals surface area contributed by atoms with E-state index in [4.69, 9.17) is 9.47 Å². The molecule has 0 radical (unpaired) electrons. The second-order valence-corrected chi connectivity index (χ2v) is 4.78. The van der Waals surface area contributed by atoms with E-state index in [2.05, 4.69) is 5.32 Å². The predicted octanol–water partition coefficient (Wildman–Crippen LogP) is 3.02. The molecule has 1 amide bonds. The summed E-state index contributed by atoms with van der Waals surface area (Å²) in [6.45, 7) is 1.44. The largest absolute Gasteiger partial charge is 0.497 e. The van der Waals surface area contributed by atoms with Crippen LogP contribution in [0.4, 0.5) is 10.1 Å². The van der Waals surface area contributed by atoms with Crippen molar-refractivity contribution in [2.24, 2.45) is 0 Å². The molecule has 1 N–H and O–H groups in total. The van der Waals surface area contributed by atoms with E-state index < -0.39 is 23.8 Å². The molecule has 5 nitrogen and oxygen atoms in total. The van der Waals surface area contributed by atoms with Gasteiger partial charge in [-0.3, -0.25) is 4.79 Å². The molecular weight excluding hydrogens is 301 g/mol. The highest BCUT2D eigenvalue weighted by atomic mass is 19.1. The molecule has 2 aromatic carbocycles. The van der Waals surface area contributed by atoms with Gasteiger partial charge in [-0.25, -0.2) is 9.18 Å². The first-order valence-electron chi connectivity index (χ1n) is 6.91. The first-order chi connectivity index (χ1) is 11.0. The van der Waals surface area contributed by atoms with Crippen LogP contribution in [0.1, 0.15) is 17.3 Å². The first-order valence-corrected chi connectivity index (χ1v) is 6.91. The maximum atomic E-state index is 13.1. The van der Waals surface area contributed by atoms with Crippen molar-refractivity contribution < 1.29 is 23.5 Å². The van der Waals surface area contributed by atoms with Crippen LogP contribution in [0.5, 0.6) is 5.75 Å². The zero-order valence-corrected chi connectivity index (χ0v) is 12.7. The number of amides is 1.